The molecular formula is C19H22F8O6. The lowest BCUT2D eigenvalue weighted by Gasteiger charge is -2.35. The number of fused-ring (bicyclic) bond motifs is 1. The highest BCUT2D eigenvalue weighted by Crippen LogP contribution is 2.54. The fourth-order valence-corrected chi connectivity index (χ4v) is 3.84. The van der Waals surface area contributed by atoms with Crippen LogP contribution in [0.25, 0.3) is 0 Å². The summed E-state index contributed by atoms with van der Waals surface area (Å²) in [7, 11) is 0. The molecule has 1 saturated carbocycles. The Morgan fingerprint density at radius 3 is 1.79 bits per heavy atom. The molecule has 190 valence electrons. The van der Waals surface area contributed by atoms with E-state index in [1.165, 1.54) is 0 Å². The molecule has 0 N–H and O–H groups in total. The highest BCUT2D eigenvalue weighted by atomic mass is 19.4. The zero-order valence-corrected chi connectivity index (χ0v) is 17.3. The average Bonchev–Trinajstić information content (AvgIpc) is 3.49. The van der Waals surface area contributed by atoms with Crippen molar-refractivity contribution >= 4 is 11.9 Å². The lowest BCUT2D eigenvalue weighted by molar-refractivity contribution is -0.449. The van der Waals surface area contributed by atoms with Gasteiger partial charge in [-0.05, 0) is 45.4 Å². The van der Waals surface area contributed by atoms with Crippen molar-refractivity contribution in [2.24, 2.45) is 11.8 Å². The third-order valence-electron chi connectivity index (χ3n) is 6.04. The van der Waals surface area contributed by atoms with E-state index in [1.54, 1.807) is 6.92 Å². The fourth-order valence-electron chi connectivity index (χ4n) is 3.84. The monoisotopic (exact) mass is 498 g/mol. The lowest BCUT2D eigenvalue weighted by atomic mass is 9.89. The van der Waals surface area contributed by atoms with Gasteiger partial charge in [-0.1, -0.05) is 0 Å². The van der Waals surface area contributed by atoms with E-state index < -0.39 is 53.9 Å². The van der Waals surface area contributed by atoms with Gasteiger partial charge in [0, 0.05) is 6.61 Å². The molecule has 0 aromatic heterocycles. The minimum Gasteiger partial charge on any atom is -0.396 e. The van der Waals surface area contributed by atoms with Crippen molar-refractivity contribution in [2.45, 2.75) is 87.8 Å². The first-order valence-corrected chi connectivity index (χ1v) is 10.3. The Bertz CT molecular complexity index is 761. The number of hydrogen-bond donors (Lipinski definition) is 0. The summed E-state index contributed by atoms with van der Waals surface area (Å²) in [5, 5.41) is 0. The molecule has 5 atom stereocenters. The quantitative estimate of drug-likeness (QED) is 0.296. The molecule has 0 radical (unpaired) electrons. The molecule has 5 unspecified atom stereocenters. The SMILES string of the molecule is CC1CCC(C(=O)OC(F)(F)C(F)(F)C(F)(F)C(F)(F)OC(=O)C2CCC3OC3C2)CCO1. The predicted molar refractivity (Wildman–Crippen MR) is 90.7 cm³/mol. The van der Waals surface area contributed by atoms with Gasteiger partial charge in [0.1, 0.15) is 0 Å². The first-order chi connectivity index (χ1) is 15.1. The van der Waals surface area contributed by atoms with E-state index >= 15 is 0 Å². The molecular weight excluding hydrogens is 476 g/mol. The molecule has 2 aliphatic heterocycles. The second-order valence-electron chi connectivity index (χ2n) is 8.49. The molecule has 2 saturated heterocycles. The van der Waals surface area contributed by atoms with Gasteiger partial charge in [0.15, 0.2) is 0 Å². The van der Waals surface area contributed by atoms with Crippen LogP contribution in [0.5, 0.6) is 0 Å². The summed E-state index contributed by atoms with van der Waals surface area (Å²) in [4.78, 5) is 23.7. The van der Waals surface area contributed by atoms with Gasteiger partial charge < -0.3 is 18.9 Å². The molecule has 3 fully saturated rings. The van der Waals surface area contributed by atoms with Crippen molar-refractivity contribution in [3.63, 3.8) is 0 Å². The molecule has 0 spiro atoms. The van der Waals surface area contributed by atoms with Crippen LogP contribution in [-0.4, -0.2) is 60.9 Å². The first-order valence-electron chi connectivity index (χ1n) is 10.3. The number of carbonyl (C=O) groups excluding carboxylic acids is 2. The maximum atomic E-state index is 14.0. The Morgan fingerprint density at radius 1 is 0.727 bits per heavy atom. The molecule has 6 nitrogen and oxygen atoms in total. The lowest BCUT2D eigenvalue weighted by Crippen LogP contribution is -2.64. The summed E-state index contributed by atoms with van der Waals surface area (Å²) in [5.41, 5.74) is 0. The number of epoxide rings is 1. The van der Waals surface area contributed by atoms with E-state index in [-0.39, 0.29) is 57.3 Å². The van der Waals surface area contributed by atoms with Gasteiger partial charge in [-0.3, -0.25) is 9.59 Å². The third-order valence-corrected chi connectivity index (χ3v) is 6.04. The van der Waals surface area contributed by atoms with Gasteiger partial charge in [-0.2, -0.15) is 35.1 Å². The summed E-state index contributed by atoms with van der Waals surface area (Å²) < 4.78 is 129. The van der Waals surface area contributed by atoms with Crippen LogP contribution in [0.15, 0.2) is 0 Å². The fraction of sp³-hybridized carbons (Fsp3) is 0.895. The van der Waals surface area contributed by atoms with Gasteiger partial charge in [0.2, 0.25) is 0 Å². The Kier molecular flexibility index (Phi) is 6.93. The van der Waals surface area contributed by atoms with Gasteiger partial charge in [0.05, 0.1) is 30.1 Å². The number of rotatable bonds is 7. The van der Waals surface area contributed by atoms with Crippen LogP contribution < -0.4 is 0 Å². The summed E-state index contributed by atoms with van der Waals surface area (Å²) in [6, 6.07) is 0. The summed E-state index contributed by atoms with van der Waals surface area (Å²) in [5.74, 6) is -20.5. The largest absolute Gasteiger partial charge is 0.473 e. The van der Waals surface area contributed by atoms with Crippen molar-refractivity contribution in [3.05, 3.63) is 0 Å². The molecule has 0 amide bonds. The predicted octanol–water partition coefficient (Wildman–Crippen LogP) is 4.30. The third kappa shape index (κ3) is 5.05. The van der Waals surface area contributed by atoms with Crippen LogP contribution in [0, 0.1) is 11.8 Å². The van der Waals surface area contributed by atoms with Crippen molar-refractivity contribution in [1.29, 1.82) is 0 Å². The Hall–Kier alpha value is -1.70. The van der Waals surface area contributed by atoms with Crippen LogP contribution in [0.2, 0.25) is 0 Å². The van der Waals surface area contributed by atoms with E-state index in [2.05, 4.69) is 9.47 Å². The van der Waals surface area contributed by atoms with Crippen molar-refractivity contribution < 1.29 is 63.7 Å². The number of hydrogen-bond acceptors (Lipinski definition) is 6. The van der Waals surface area contributed by atoms with Crippen molar-refractivity contribution in [2.75, 3.05) is 6.61 Å². The number of ether oxygens (including phenoxy) is 4. The molecule has 2 heterocycles. The van der Waals surface area contributed by atoms with Gasteiger partial charge >= 0.3 is 36.0 Å². The minimum atomic E-state index is -6.91. The minimum absolute atomic E-state index is 0.0878. The van der Waals surface area contributed by atoms with Crippen molar-refractivity contribution in [1.82, 2.24) is 0 Å². The van der Waals surface area contributed by atoms with E-state index in [9.17, 15) is 44.7 Å². The van der Waals surface area contributed by atoms with Crippen LogP contribution >= 0.6 is 0 Å². The number of esters is 2. The number of carbonyl (C=O) groups is 2. The molecule has 0 bridgehead atoms. The topological polar surface area (TPSA) is 74.4 Å². The van der Waals surface area contributed by atoms with Gasteiger partial charge in [-0.15, -0.1) is 0 Å². The summed E-state index contributed by atoms with van der Waals surface area (Å²) in [6.07, 6.45) is -13.9. The maximum Gasteiger partial charge on any atom is 0.473 e. The van der Waals surface area contributed by atoms with Crippen LogP contribution in [0.3, 0.4) is 0 Å². The van der Waals surface area contributed by atoms with E-state index in [4.69, 9.17) is 9.47 Å². The standard InChI is InChI=1S/C19H22F8O6/c1-9-2-3-10(6-7-30-9)14(28)32-18(24,25)16(20,21)17(22,23)19(26,27)33-15(29)11-4-5-12-13(8-11)31-12/h9-13H,2-8H2,1H3. The Balaban J connectivity index is 1.69. The van der Waals surface area contributed by atoms with E-state index in [0.717, 1.165) is 0 Å². The summed E-state index contributed by atoms with van der Waals surface area (Å²) >= 11 is 0. The highest BCUT2D eigenvalue weighted by molar-refractivity contribution is 5.73. The Morgan fingerprint density at radius 2 is 1.24 bits per heavy atom. The van der Waals surface area contributed by atoms with E-state index in [1.807, 2.05) is 0 Å². The molecule has 0 aromatic carbocycles. The van der Waals surface area contributed by atoms with Crippen LogP contribution in [-0.2, 0) is 28.5 Å². The Labute approximate surface area is 182 Å². The van der Waals surface area contributed by atoms with Crippen LogP contribution in [0.4, 0.5) is 35.1 Å². The number of alkyl halides is 8. The summed E-state index contributed by atoms with van der Waals surface area (Å²) in [6.45, 7) is 1.49. The molecule has 3 aliphatic rings. The van der Waals surface area contributed by atoms with E-state index in [0.29, 0.717) is 0 Å². The molecule has 1 aliphatic carbocycles. The van der Waals surface area contributed by atoms with Gasteiger partial charge in [0.25, 0.3) is 0 Å². The molecule has 33 heavy (non-hydrogen) atoms. The zero-order chi connectivity index (χ0) is 24.8. The molecule has 3 rings (SSSR count). The normalized spacial score (nSPS) is 31.2. The average molecular weight is 498 g/mol. The molecule has 0 aromatic rings. The van der Waals surface area contributed by atoms with Gasteiger partial charge in [-0.25, -0.2) is 0 Å². The maximum absolute atomic E-state index is 14.0. The zero-order valence-electron chi connectivity index (χ0n) is 17.3. The van der Waals surface area contributed by atoms with Crippen molar-refractivity contribution in [3.8, 4) is 0 Å². The van der Waals surface area contributed by atoms with Crippen LogP contribution in [0.1, 0.15) is 45.4 Å². The number of halogens is 8. The second kappa shape index (κ2) is 8.82. The smallest absolute Gasteiger partial charge is 0.396 e. The first kappa shape index (κ1) is 25.9. The highest BCUT2D eigenvalue weighted by Gasteiger charge is 2.85. The molecule has 14 heteroatoms. The second-order valence-corrected chi connectivity index (χ2v) is 8.49.